The normalized spacial score (nSPS) is 11.9. The van der Waals surface area contributed by atoms with Gasteiger partial charge < -0.3 is 15.7 Å². The molecule has 0 saturated heterocycles. The van der Waals surface area contributed by atoms with Gasteiger partial charge in [-0.1, -0.05) is 0 Å². The third-order valence-corrected chi connectivity index (χ3v) is 3.21. The molecule has 3 N–H and O–H groups in total. The fraction of sp³-hybridized carbons (Fsp3) is 0.545. The lowest BCUT2D eigenvalue weighted by molar-refractivity contribution is -0.139. The van der Waals surface area contributed by atoms with Gasteiger partial charge in [0.25, 0.3) is 0 Å². The van der Waals surface area contributed by atoms with Crippen molar-refractivity contribution in [1.82, 2.24) is 20.4 Å². The summed E-state index contributed by atoms with van der Waals surface area (Å²) in [7, 11) is 1.77. The molecule has 106 valence electrons. The predicted octanol–water partition coefficient (Wildman–Crippen LogP) is 0.426. The van der Waals surface area contributed by atoms with Crippen molar-refractivity contribution in [2.24, 2.45) is 7.05 Å². The van der Waals surface area contributed by atoms with E-state index in [2.05, 4.69) is 15.7 Å². The Morgan fingerprint density at radius 3 is 2.84 bits per heavy atom. The number of carbonyl (C=O) groups excluding carboxylic acids is 1. The van der Waals surface area contributed by atoms with Gasteiger partial charge in [-0.05, 0) is 24.5 Å². The van der Waals surface area contributed by atoms with Gasteiger partial charge in [-0.2, -0.15) is 16.9 Å². The number of nitrogens with one attached hydrogen (secondary N) is 2. The quantitative estimate of drug-likeness (QED) is 0.675. The molecular weight excluding hydrogens is 268 g/mol. The molecular formula is C11H18N4O3S. The summed E-state index contributed by atoms with van der Waals surface area (Å²) in [6.07, 6.45) is 3.92. The van der Waals surface area contributed by atoms with Crippen LogP contribution in [0, 0.1) is 0 Å². The monoisotopic (exact) mass is 286 g/mol. The number of rotatable bonds is 7. The van der Waals surface area contributed by atoms with E-state index in [0.29, 0.717) is 18.7 Å². The van der Waals surface area contributed by atoms with Crippen LogP contribution in [0.5, 0.6) is 0 Å². The molecule has 0 aliphatic heterocycles. The Morgan fingerprint density at radius 2 is 2.32 bits per heavy atom. The van der Waals surface area contributed by atoms with E-state index < -0.39 is 18.0 Å². The molecule has 7 nitrogen and oxygen atoms in total. The van der Waals surface area contributed by atoms with Crippen molar-refractivity contribution in [3.8, 4) is 0 Å². The second-order valence-electron chi connectivity index (χ2n) is 3.95. The largest absolute Gasteiger partial charge is 0.480 e. The molecule has 0 bridgehead atoms. The molecule has 1 heterocycles. The van der Waals surface area contributed by atoms with Crippen LogP contribution in [0.3, 0.4) is 0 Å². The Kier molecular flexibility index (Phi) is 6.20. The molecule has 19 heavy (non-hydrogen) atoms. The van der Waals surface area contributed by atoms with Crippen LogP contribution in [0.4, 0.5) is 4.79 Å². The van der Waals surface area contributed by atoms with E-state index in [9.17, 15) is 9.59 Å². The lowest BCUT2D eigenvalue weighted by Crippen LogP contribution is -2.46. The lowest BCUT2D eigenvalue weighted by Gasteiger charge is -2.14. The van der Waals surface area contributed by atoms with Crippen molar-refractivity contribution < 1.29 is 14.7 Å². The SMILES string of the molecule is CSCC[C@H](NC(=O)NCc1ccnn1C)C(=O)O. The van der Waals surface area contributed by atoms with E-state index >= 15 is 0 Å². The van der Waals surface area contributed by atoms with E-state index in [1.165, 1.54) is 0 Å². The van der Waals surface area contributed by atoms with Crippen molar-refractivity contribution in [3.05, 3.63) is 18.0 Å². The van der Waals surface area contributed by atoms with Crippen LogP contribution in [0.1, 0.15) is 12.1 Å². The Balaban J connectivity index is 2.40. The van der Waals surface area contributed by atoms with Crippen molar-refractivity contribution in [1.29, 1.82) is 0 Å². The third kappa shape index (κ3) is 5.21. The van der Waals surface area contributed by atoms with Crippen molar-refractivity contribution >= 4 is 23.8 Å². The number of urea groups is 1. The van der Waals surface area contributed by atoms with E-state index in [1.807, 2.05) is 6.26 Å². The molecule has 0 spiro atoms. The summed E-state index contributed by atoms with van der Waals surface area (Å²) >= 11 is 1.54. The number of carboxylic acids is 1. The van der Waals surface area contributed by atoms with Gasteiger partial charge in [0.2, 0.25) is 0 Å². The maximum absolute atomic E-state index is 11.6. The van der Waals surface area contributed by atoms with Gasteiger partial charge in [-0.25, -0.2) is 9.59 Å². The van der Waals surface area contributed by atoms with Gasteiger partial charge in [-0.15, -0.1) is 0 Å². The number of carboxylic acid groups (broad SMARTS) is 1. The summed E-state index contributed by atoms with van der Waals surface area (Å²) < 4.78 is 1.64. The first kappa shape index (κ1) is 15.4. The summed E-state index contributed by atoms with van der Waals surface area (Å²) in [4.78, 5) is 22.6. The Bertz CT molecular complexity index is 435. The summed E-state index contributed by atoms with van der Waals surface area (Å²) in [6, 6.07) is 0.427. The van der Waals surface area contributed by atoms with Gasteiger partial charge in [0.1, 0.15) is 6.04 Å². The van der Waals surface area contributed by atoms with Gasteiger partial charge in [0.05, 0.1) is 12.2 Å². The van der Waals surface area contributed by atoms with Gasteiger partial charge in [-0.3, -0.25) is 4.68 Å². The maximum atomic E-state index is 11.6. The van der Waals surface area contributed by atoms with Crippen LogP contribution in [-0.2, 0) is 18.4 Å². The second-order valence-corrected chi connectivity index (χ2v) is 4.93. The van der Waals surface area contributed by atoms with Crippen molar-refractivity contribution in [3.63, 3.8) is 0 Å². The molecule has 0 unspecified atom stereocenters. The Labute approximate surface area is 115 Å². The lowest BCUT2D eigenvalue weighted by atomic mass is 10.2. The van der Waals surface area contributed by atoms with E-state index in [4.69, 9.17) is 5.11 Å². The number of aliphatic carboxylic acids is 1. The van der Waals surface area contributed by atoms with Crippen molar-refractivity contribution in [2.75, 3.05) is 12.0 Å². The molecule has 1 aromatic heterocycles. The van der Waals surface area contributed by atoms with Gasteiger partial charge in [0.15, 0.2) is 0 Å². The minimum absolute atomic E-state index is 0.303. The highest BCUT2D eigenvalue weighted by molar-refractivity contribution is 7.98. The topological polar surface area (TPSA) is 96.3 Å². The number of amides is 2. The molecule has 0 fully saturated rings. The third-order valence-electron chi connectivity index (χ3n) is 2.57. The average molecular weight is 286 g/mol. The molecule has 1 rings (SSSR count). The van der Waals surface area contributed by atoms with E-state index in [0.717, 1.165) is 5.69 Å². The van der Waals surface area contributed by atoms with Crippen LogP contribution in [0.25, 0.3) is 0 Å². The summed E-state index contributed by atoms with van der Waals surface area (Å²) in [6.45, 7) is 0.303. The molecule has 8 heteroatoms. The Hall–Kier alpha value is -1.70. The highest BCUT2D eigenvalue weighted by Gasteiger charge is 2.19. The molecule has 0 aliphatic carbocycles. The molecule has 0 aliphatic rings. The molecule has 0 radical (unpaired) electrons. The van der Waals surface area contributed by atoms with Crippen LogP contribution < -0.4 is 10.6 Å². The number of thioether (sulfide) groups is 1. The zero-order valence-corrected chi connectivity index (χ0v) is 11.7. The van der Waals surface area contributed by atoms with E-state index in [1.54, 1.807) is 35.8 Å². The van der Waals surface area contributed by atoms with Gasteiger partial charge in [0, 0.05) is 13.2 Å². The van der Waals surface area contributed by atoms with Crippen molar-refractivity contribution in [2.45, 2.75) is 19.0 Å². The zero-order chi connectivity index (χ0) is 14.3. The molecule has 2 amide bonds. The molecule has 0 aromatic carbocycles. The fourth-order valence-electron chi connectivity index (χ4n) is 1.45. The first-order chi connectivity index (χ1) is 9.04. The molecule has 1 atom stereocenters. The molecule has 0 saturated carbocycles. The first-order valence-corrected chi connectivity index (χ1v) is 7.17. The number of carbonyl (C=O) groups is 2. The summed E-state index contributed by atoms with van der Waals surface area (Å²) in [5, 5.41) is 18.0. The van der Waals surface area contributed by atoms with Crippen LogP contribution in [0.2, 0.25) is 0 Å². The fourth-order valence-corrected chi connectivity index (χ4v) is 1.92. The summed E-state index contributed by atoms with van der Waals surface area (Å²) in [5.41, 5.74) is 0.839. The van der Waals surface area contributed by atoms with Crippen LogP contribution in [0.15, 0.2) is 12.3 Å². The number of hydrogen-bond acceptors (Lipinski definition) is 4. The minimum atomic E-state index is -1.02. The Morgan fingerprint density at radius 1 is 1.58 bits per heavy atom. The van der Waals surface area contributed by atoms with E-state index in [-0.39, 0.29) is 0 Å². The summed E-state index contributed by atoms with van der Waals surface area (Å²) in [5.74, 6) is -0.344. The van der Waals surface area contributed by atoms with Gasteiger partial charge >= 0.3 is 12.0 Å². The average Bonchev–Trinajstić information content (AvgIpc) is 2.77. The standard InChI is InChI=1S/C11H18N4O3S/c1-15-8(3-5-13-15)7-12-11(18)14-9(10(16)17)4-6-19-2/h3,5,9H,4,6-7H2,1-2H3,(H,16,17)(H2,12,14,18)/t9-/m0/s1. The second kappa shape index (κ2) is 7.67. The zero-order valence-electron chi connectivity index (χ0n) is 10.9. The first-order valence-electron chi connectivity index (χ1n) is 5.77. The number of hydrogen-bond donors (Lipinski definition) is 3. The maximum Gasteiger partial charge on any atom is 0.326 e. The highest BCUT2D eigenvalue weighted by Crippen LogP contribution is 2.01. The van der Waals surface area contributed by atoms with Crippen LogP contribution >= 0.6 is 11.8 Å². The highest BCUT2D eigenvalue weighted by atomic mass is 32.2. The van der Waals surface area contributed by atoms with Crippen LogP contribution in [-0.4, -0.2) is 44.9 Å². The smallest absolute Gasteiger partial charge is 0.326 e. The molecule has 1 aromatic rings. The predicted molar refractivity (Wildman–Crippen MR) is 73.0 cm³/mol. The number of aromatic nitrogens is 2. The number of nitrogens with zero attached hydrogens (tertiary/aromatic N) is 2. The number of aryl methyl sites for hydroxylation is 1. The minimum Gasteiger partial charge on any atom is -0.480 e.